The molecule has 5 heteroatoms. The van der Waals surface area contributed by atoms with Crippen LogP contribution in [0.4, 0.5) is 0 Å². The molecule has 1 N–H and O–H groups in total. The monoisotopic (exact) mass is 283 g/mol. The molecule has 0 fully saturated rings. The van der Waals surface area contributed by atoms with E-state index < -0.39 is 0 Å². The molecular weight excluding hydrogens is 262 g/mol. The number of aryl methyl sites for hydroxylation is 1. The van der Waals surface area contributed by atoms with Crippen LogP contribution in [0.2, 0.25) is 0 Å². The van der Waals surface area contributed by atoms with E-state index in [1.165, 1.54) is 16.5 Å². The van der Waals surface area contributed by atoms with Crippen molar-refractivity contribution >= 4 is 10.9 Å². The molecule has 2 aromatic heterocycles. The number of nitrogens with zero attached hydrogens (tertiary/aromatic N) is 4. The van der Waals surface area contributed by atoms with Crippen LogP contribution in [0.25, 0.3) is 10.9 Å². The Kier molecular flexibility index (Phi) is 4.01. The minimum absolute atomic E-state index is 0.743. The SMILES string of the molecule is CCCNCc1ccc2c(ccn2Cc2nncn2C)c1. The van der Waals surface area contributed by atoms with Crippen LogP contribution >= 0.6 is 0 Å². The zero-order chi connectivity index (χ0) is 14.7. The van der Waals surface area contributed by atoms with E-state index in [1.807, 2.05) is 11.6 Å². The summed E-state index contributed by atoms with van der Waals surface area (Å²) in [6, 6.07) is 8.80. The van der Waals surface area contributed by atoms with Crippen molar-refractivity contribution in [2.75, 3.05) is 6.54 Å². The molecule has 0 aliphatic carbocycles. The third-order valence-electron chi connectivity index (χ3n) is 3.71. The van der Waals surface area contributed by atoms with E-state index in [-0.39, 0.29) is 0 Å². The number of rotatable bonds is 6. The predicted octanol–water partition coefficient (Wildman–Crippen LogP) is 2.32. The standard InChI is InChI=1S/C16H21N5/c1-3-7-17-10-13-4-5-15-14(9-13)6-8-21(15)11-16-19-18-12-20(16)2/h4-6,8-9,12,17H,3,7,10-11H2,1-2H3. The van der Waals surface area contributed by atoms with Gasteiger partial charge in [0.2, 0.25) is 0 Å². The van der Waals surface area contributed by atoms with Crippen LogP contribution in [-0.2, 0) is 20.1 Å². The largest absolute Gasteiger partial charge is 0.340 e. The molecule has 110 valence electrons. The third-order valence-corrected chi connectivity index (χ3v) is 3.71. The highest BCUT2D eigenvalue weighted by Gasteiger charge is 2.06. The zero-order valence-electron chi connectivity index (χ0n) is 12.6. The van der Waals surface area contributed by atoms with Crippen molar-refractivity contribution < 1.29 is 0 Å². The van der Waals surface area contributed by atoms with E-state index in [9.17, 15) is 0 Å². The second kappa shape index (κ2) is 6.10. The van der Waals surface area contributed by atoms with Crippen molar-refractivity contribution in [3.05, 3.63) is 48.2 Å². The fourth-order valence-corrected chi connectivity index (χ4v) is 2.51. The Morgan fingerprint density at radius 1 is 1.24 bits per heavy atom. The highest BCUT2D eigenvalue weighted by atomic mass is 15.3. The average Bonchev–Trinajstić information content (AvgIpc) is 3.07. The maximum Gasteiger partial charge on any atom is 0.152 e. The molecule has 0 aliphatic heterocycles. The van der Waals surface area contributed by atoms with Gasteiger partial charge in [-0.05, 0) is 42.1 Å². The quantitative estimate of drug-likeness (QED) is 0.706. The first-order valence-electron chi connectivity index (χ1n) is 7.39. The molecule has 3 aromatic rings. The van der Waals surface area contributed by atoms with Crippen molar-refractivity contribution in [2.45, 2.75) is 26.4 Å². The second-order valence-electron chi connectivity index (χ2n) is 5.37. The first-order chi connectivity index (χ1) is 10.3. The molecule has 0 amide bonds. The summed E-state index contributed by atoms with van der Waals surface area (Å²) in [5.41, 5.74) is 2.56. The molecule has 0 spiro atoms. The lowest BCUT2D eigenvalue weighted by atomic mass is 10.1. The van der Waals surface area contributed by atoms with Gasteiger partial charge in [0.05, 0.1) is 6.54 Å². The topological polar surface area (TPSA) is 47.7 Å². The lowest BCUT2D eigenvalue weighted by molar-refractivity contribution is 0.676. The van der Waals surface area contributed by atoms with Crippen LogP contribution in [0.5, 0.6) is 0 Å². The van der Waals surface area contributed by atoms with E-state index in [4.69, 9.17) is 0 Å². The van der Waals surface area contributed by atoms with E-state index in [1.54, 1.807) is 6.33 Å². The van der Waals surface area contributed by atoms with Gasteiger partial charge >= 0.3 is 0 Å². The van der Waals surface area contributed by atoms with Gasteiger partial charge in [-0.25, -0.2) is 0 Å². The van der Waals surface area contributed by atoms with Crippen LogP contribution in [0, 0.1) is 0 Å². The minimum atomic E-state index is 0.743. The zero-order valence-corrected chi connectivity index (χ0v) is 12.6. The number of nitrogens with one attached hydrogen (secondary N) is 1. The Morgan fingerprint density at radius 3 is 2.90 bits per heavy atom. The lowest BCUT2D eigenvalue weighted by Gasteiger charge is -2.07. The minimum Gasteiger partial charge on any atom is -0.340 e. The molecule has 0 aliphatic rings. The summed E-state index contributed by atoms with van der Waals surface area (Å²) >= 11 is 0. The fourth-order valence-electron chi connectivity index (χ4n) is 2.51. The molecular formula is C16H21N5. The number of fused-ring (bicyclic) bond motifs is 1. The Balaban J connectivity index is 1.81. The van der Waals surface area contributed by atoms with Crippen LogP contribution in [0.15, 0.2) is 36.8 Å². The van der Waals surface area contributed by atoms with Crippen molar-refractivity contribution in [2.24, 2.45) is 7.05 Å². The third kappa shape index (κ3) is 2.97. The van der Waals surface area contributed by atoms with Gasteiger partial charge in [0.25, 0.3) is 0 Å². The van der Waals surface area contributed by atoms with Gasteiger partial charge in [0, 0.05) is 25.3 Å². The van der Waals surface area contributed by atoms with E-state index in [2.05, 4.69) is 57.5 Å². The Morgan fingerprint density at radius 2 is 2.14 bits per heavy atom. The summed E-state index contributed by atoms with van der Waals surface area (Å²) in [6.07, 6.45) is 5.01. The summed E-state index contributed by atoms with van der Waals surface area (Å²) in [5.74, 6) is 0.959. The highest BCUT2D eigenvalue weighted by molar-refractivity contribution is 5.80. The molecule has 0 unspecified atom stereocenters. The number of hydrogen-bond acceptors (Lipinski definition) is 3. The fraction of sp³-hybridized carbons (Fsp3) is 0.375. The Hall–Kier alpha value is -2.14. The van der Waals surface area contributed by atoms with Crippen molar-refractivity contribution in [1.29, 1.82) is 0 Å². The van der Waals surface area contributed by atoms with E-state index >= 15 is 0 Å². The van der Waals surface area contributed by atoms with Gasteiger partial charge in [-0.15, -0.1) is 10.2 Å². The predicted molar refractivity (Wildman–Crippen MR) is 84.0 cm³/mol. The maximum absolute atomic E-state index is 4.15. The second-order valence-corrected chi connectivity index (χ2v) is 5.37. The number of hydrogen-bond donors (Lipinski definition) is 1. The molecule has 0 bridgehead atoms. The Labute approximate surface area is 124 Å². The molecule has 5 nitrogen and oxygen atoms in total. The van der Waals surface area contributed by atoms with Gasteiger partial charge in [-0.1, -0.05) is 13.0 Å². The molecule has 1 aromatic carbocycles. The van der Waals surface area contributed by atoms with Crippen molar-refractivity contribution in [1.82, 2.24) is 24.6 Å². The first-order valence-corrected chi connectivity index (χ1v) is 7.39. The van der Waals surface area contributed by atoms with Gasteiger partial charge in [-0.3, -0.25) is 0 Å². The molecule has 2 heterocycles. The molecule has 0 saturated carbocycles. The van der Waals surface area contributed by atoms with Crippen LogP contribution in [0.1, 0.15) is 24.7 Å². The summed E-state index contributed by atoms with van der Waals surface area (Å²) in [7, 11) is 1.97. The summed E-state index contributed by atoms with van der Waals surface area (Å²) in [5, 5.41) is 12.8. The van der Waals surface area contributed by atoms with Gasteiger partial charge in [0.1, 0.15) is 6.33 Å². The first kappa shape index (κ1) is 13.8. The lowest BCUT2D eigenvalue weighted by Crippen LogP contribution is -2.13. The number of benzene rings is 1. The molecule has 0 saturated heterocycles. The maximum atomic E-state index is 4.15. The van der Waals surface area contributed by atoms with Gasteiger partial charge < -0.3 is 14.5 Å². The Bertz CT molecular complexity index is 725. The molecule has 0 radical (unpaired) electrons. The van der Waals surface area contributed by atoms with Crippen LogP contribution < -0.4 is 5.32 Å². The normalized spacial score (nSPS) is 11.3. The molecule has 0 atom stereocenters. The average molecular weight is 283 g/mol. The number of aromatic nitrogens is 4. The highest BCUT2D eigenvalue weighted by Crippen LogP contribution is 2.18. The van der Waals surface area contributed by atoms with E-state index in [0.29, 0.717) is 0 Å². The molecule has 3 rings (SSSR count). The van der Waals surface area contributed by atoms with Crippen LogP contribution in [0.3, 0.4) is 0 Å². The van der Waals surface area contributed by atoms with Gasteiger partial charge in [-0.2, -0.15) is 0 Å². The summed E-state index contributed by atoms with van der Waals surface area (Å²) in [6.45, 7) is 4.92. The smallest absolute Gasteiger partial charge is 0.152 e. The molecule has 21 heavy (non-hydrogen) atoms. The van der Waals surface area contributed by atoms with Crippen molar-refractivity contribution in [3.63, 3.8) is 0 Å². The summed E-state index contributed by atoms with van der Waals surface area (Å²) in [4.78, 5) is 0. The van der Waals surface area contributed by atoms with E-state index in [0.717, 1.165) is 31.9 Å². The summed E-state index contributed by atoms with van der Waals surface area (Å²) < 4.78 is 4.16. The van der Waals surface area contributed by atoms with Crippen molar-refractivity contribution in [3.8, 4) is 0 Å². The van der Waals surface area contributed by atoms with Crippen LogP contribution in [-0.4, -0.2) is 25.9 Å². The van der Waals surface area contributed by atoms with Gasteiger partial charge in [0.15, 0.2) is 5.82 Å².